The molecule has 0 radical (unpaired) electrons. The standard InChI is InChI=1S/C27H30F3NO2/c1-15(2)23-21-22(20-18(31-23)13-25(3,4)14-19(20)32)26(11-5-6-12-26)33-24(21)16-7-9-17(10-8-16)27(28,29)30/h5,7-11,15,19,24,32H,6,12-14H2,1-4H3. The molecule has 0 bridgehead atoms. The first-order valence-corrected chi connectivity index (χ1v) is 11.7. The number of aliphatic hydroxyl groups excluding tert-OH is 1. The molecule has 0 amide bonds. The van der Waals surface area contributed by atoms with Crippen molar-refractivity contribution in [2.45, 2.75) is 83.3 Å². The molecule has 1 aromatic heterocycles. The Morgan fingerprint density at radius 3 is 2.39 bits per heavy atom. The first-order chi connectivity index (χ1) is 15.4. The number of pyridine rings is 1. The Hall–Kier alpha value is -2.18. The van der Waals surface area contributed by atoms with Gasteiger partial charge in [-0.25, -0.2) is 0 Å². The number of aliphatic hydroxyl groups is 1. The highest BCUT2D eigenvalue weighted by Crippen LogP contribution is 2.57. The maximum absolute atomic E-state index is 13.2. The summed E-state index contributed by atoms with van der Waals surface area (Å²) in [6, 6.07) is 5.26. The Morgan fingerprint density at radius 1 is 1.12 bits per heavy atom. The van der Waals surface area contributed by atoms with Crippen LogP contribution in [0.1, 0.15) is 104 Å². The fourth-order valence-electron chi connectivity index (χ4n) is 5.86. The number of nitrogens with zero attached hydrogens (tertiary/aromatic N) is 1. The lowest BCUT2D eigenvalue weighted by Crippen LogP contribution is -2.31. The van der Waals surface area contributed by atoms with Crippen molar-refractivity contribution in [2.75, 3.05) is 0 Å². The van der Waals surface area contributed by atoms with E-state index in [0.717, 1.165) is 59.5 Å². The Labute approximate surface area is 192 Å². The molecule has 6 heteroatoms. The highest BCUT2D eigenvalue weighted by molar-refractivity contribution is 5.56. The van der Waals surface area contributed by atoms with Gasteiger partial charge >= 0.3 is 6.18 Å². The van der Waals surface area contributed by atoms with E-state index in [1.807, 2.05) is 0 Å². The molecule has 33 heavy (non-hydrogen) atoms. The first-order valence-electron chi connectivity index (χ1n) is 11.7. The molecule has 2 heterocycles. The molecule has 3 unspecified atom stereocenters. The van der Waals surface area contributed by atoms with Gasteiger partial charge in [-0.05, 0) is 54.7 Å². The van der Waals surface area contributed by atoms with Gasteiger partial charge < -0.3 is 9.84 Å². The van der Waals surface area contributed by atoms with Gasteiger partial charge in [0.25, 0.3) is 0 Å². The van der Waals surface area contributed by atoms with Crippen molar-refractivity contribution in [1.82, 2.24) is 4.98 Å². The summed E-state index contributed by atoms with van der Waals surface area (Å²) in [4.78, 5) is 5.07. The number of halogens is 3. The summed E-state index contributed by atoms with van der Waals surface area (Å²) in [6.07, 6.45) is 1.64. The van der Waals surface area contributed by atoms with Gasteiger partial charge in [0.05, 0.1) is 11.7 Å². The van der Waals surface area contributed by atoms with Crippen LogP contribution in [0, 0.1) is 5.41 Å². The number of benzene rings is 1. The molecule has 5 rings (SSSR count). The molecular formula is C27H30F3NO2. The van der Waals surface area contributed by atoms with Crippen LogP contribution in [-0.2, 0) is 22.9 Å². The van der Waals surface area contributed by atoms with Gasteiger partial charge in [-0.1, -0.05) is 52.0 Å². The summed E-state index contributed by atoms with van der Waals surface area (Å²) in [5.41, 5.74) is 3.89. The first kappa shape index (κ1) is 22.6. The number of rotatable bonds is 2. The van der Waals surface area contributed by atoms with Crippen molar-refractivity contribution in [2.24, 2.45) is 5.41 Å². The Morgan fingerprint density at radius 2 is 1.82 bits per heavy atom. The second kappa shape index (κ2) is 7.41. The van der Waals surface area contributed by atoms with Crippen molar-refractivity contribution in [3.8, 4) is 0 Å². The zero-order chi connectivity index (χ0) is 23.8. The molecule has 0 saturated carbocycles. The Bertz CT molecular complexity index is 1120. The van der Waals surface area contributed by atoms with Crippen LogP contribution in [0.5, 0.6) is 0 Å². The third-order valence-corrected chi connectivity index (χ3v) is 7.28. The molecule has 2 aromatic rings. The zero-order valence-corrected chi connectivity index (χ0v) is 19.5. The molecule has 1 aliphatic heterocycles. The van der Waals surface area contributed by atoms with Crippen LogP contribution in [-0.4, -0.2) is 10.1 Å². The fraction of sp³-hybridized carbons (Fsp3) is 0.519. The molecule has 2 aliphatic carbocycles. The van der Waals surface area contributed by atoms with Crippen LogP contribution in [0.2, 0.25) is 0 Å². The number of aromatic nitrogens is 1. The van der Waals surface area contributed by atoms with Crippen molar-refractivity contribution in [1.29, 1.82) is 0 Å². The molecule has 0 saturated heterocycles. The van der Waals surface area contributed by atoms with Crippen LogP contribution in [0.15, 0.2) is 36.4 Å². The van der Waals surface area contributed by atoms with Gasteiger partial charge in [-0.15, -0.1) is 0 Å². The third kappa shape index (κ3) is 3.62. The van der Waals surface area contributed by atoms with Gasteiger partial charge in [0.15, 0.2) is 0 Å². The van der Waals surface area contributed by atoms with Crippen LogP contribution < -0.4 is 0 Å². The minimum Gasteiger partial charge on any atom is -0.388 e. The Kier molecular flexibility index (Phi) is 5.07. The van der Waals surface area contributed by atoms with E-state index in [1.165, 1.54) is 12.1 Å². The van der Waals surface area contributed by atoms with E-state index >= 15 is 0 Å². The van der Waals surface area contributed by atoms with Gasteiger partial charge in [-0.2, -0.15) is 13.2 Å². The summed E-state index contributed by atoms with van der Waals surface area (Å²) in [5, 5.41) is 11.3. The van der Waals surface area contributed by atoms with E-state index in [1.54, 1.807) is 0 Å². The van der Waals surface area contributed by atoms with E-state index in [-0.39, 0.29) is 11.3 Å². The lowest BCUT2D eigenvalue weighted by atomic mass is 9.70. The summed E-state index contributed by atoms with van der Waals surface area (Å²) in [6.45, 7) is 8.46. The average Bonchev–Trinajstić information content (AvgIpc) is 3.31. The topological polar surface area (TPSA) is 42.4 Å². The van der Waals surface area contributed by atoms with Gasteiger partial charge in [0.1, 0.15) is 11.7 Å². The van der Waals surface area contributed by atoms with E-state index in [0.29, 0.717) is 12.0 Å². The van der Waals surface area contributed by atoms with E-state index < -0.39 is 29.5 Å². The van der Waals surface area contributed by atoms with Crippen LogP contribution in [0.3, 0.4) is 0 Å². The third-order valence-electron chi connectivity index (χ3n) is 7.28. The van der Waals surface area contributed by atoms with E-state index in [4.69, 9.17) is 9.72 Å². The summed E-state index contributed by atoms with van der Waals surface area (Å²) < 4.78 is 46.2. The lowest BCUT2D eigenvalue weighted by molar-refractivity contribution is -0.137. The molecule has 3 aliphatic rings. The predicted molar refractivity (Wildman–Crippen MR) is 120 cm³/mol. The summed E-state index contributed by atoms with van der Waals surface area (Å²) >= 11 is 0. The molecule has 1 N–H and O–H groups in total. The van der Waals surface area contributed by atoms with Gasteiger partial charge in [0.2, 0.25) is 0 Å². The summed E-state index contributed by atoms with van der Waals surface area (Å²) in [5.74, 6) is 0.104. The lowest BCUT2D eigenvalue weighted by Gasteiger charge is -2.37. The largest absolute Gasteiger partial charge is 0.416 e. The molecule has 3 atom stereocenters. The van der Waals surface area contributed by atoms with Crippen LogP contribution in [0.25, 0.3) is 0 Å². The normalized spacial score (nSPS) is 27.9. The maximum Gasteiger partial charge on any atom is 0.416 e. The SMILES string of the molecule is CC(C)c1nc2c(c3c1C(c1ccc(C(F)(F)F)cc1)OC31C=CCC1)C(O)CC(C)(C)C2. The number of allylic oxidation sites excluding steroid dienone is 1. The zero-order valence-electron chi connectivity index (χ0n) is 19.5. The number of hydrogen-bond donors (Lipinski definition) is 1. The van der Waals surface area contributed by atoms with Crippen molar-refractivity contribution in [3.05, 3.63) is 75.6 Å². The van der Waals surface area contributed by atoms with E-state index in [2.05, 4.69) is 39.8 Å². The average molecular weight is 458 g/mol. The minimum atomic E-state index is -4.39. The molecule has 0 fully saturated rings. The number of hydrogen-bond acceptors (Lipinski definition) is 3. The minimum absolute atomic E-state index is 0.0626. The van der Waals surface area contributed by atoms with Crippen molar-refractivity contribution in [3.63, 3.8) is 0 Å². The molecule has 176 valence electrons. The van der Waals surface area contributed by atoms with Crippen molar-refractivity contribution < 1.29 is 23.0 Å². The maximum atomic E-state index is 13.2. The van der Waals surface area contributed by atoms with E-state index in [9.17, 15) is 18.3 Å². The van der Waals surface area contributed by atoms with Crippen molar-refractivity contribution >= 4 is 0 Å². The second-order valence-electron chi connectivity index (χ2n) is 10.8. The second-order valence-corrected chi connectivity index (χ2v) is 10.8. The van der Waals surface area contributed by atoms with Crippen LogP contribution >= 0.6 is 0 Å². The molecule has 1 aromatic carbocycles. The van der Waals surface area contributed by atoms with Crippen LogP contribution in [0.4, 0.5) is 13.2 Å². The fourth-order valence-corrected chi connectivity index (χ4v) is 5.86. The monoisotopic (exact) mass is 457 g/mol. The number of fused-ring (bicyclic) bond motifs is 4. The smallest absolute Gasteiger partial charge is 0.388 e. The predicted octanol–water partition coefficient (Wildman–Crippen LogP) is 6.89. The quantitative estimate of drug-likeness (QED) is 0.499. The highest BCUT2D eigenvalue weighted by atomic mass is 19.4. The summed E-state index contributed by atoms with van der Waals surface area (Å²) in [7, 11) is 0. The van der Waals surface area contributed by atoms with Gasteiger partial charge in [-0.3, -0.25) is 4.98 Å². The van der Waals surface area contributed by atoms with Gasteiger partial charge in [0, 0.05) is 28.1 Å². The number of ether oxygens (including phenoxy) is 1. The highest BCUT2D eigenvalue weighted by Gasteiger charge is 2.51. The molecule has 1 spiro atoms. The molecular weight excluding hydrogens is 427 g/mol. The number of alkyl halides is 3. The Balaban J connectivity index is 1.74. The molecule has 3 nitrogen and oxygen atoms in total.